The van der Waals surface area contributed by atoms with E-state index in [-0.39, 0.29) is 5.91 Å². The first-order valence-corrected chi connectivity index (χ1v) is 6.11. The highest BCUT2D eigenvalue weighted by atomic mass is 35.5. The monoisotopic (exact) mass is 287 g/mol. The Morgan fingerprint density at radius 3 is 2.82 bits per heavy atom. The maximum atomic E-state index is 11.3. The van der Waals surface area contributed by atoms with Gasteiger partial charge >= 0.3 is 0 Å². The fourth-order valence-corrected chi connectivity index (χ4v) is 2.65. The second-order valence-corrected chi connectivity index (χ2v) is 5.00. The lowest BCUT2D eigenvalue weighted by atomic mass is 10.2. The number of halogens is 2. The van der Waals surface area contributed by atoms with Gasteiger partial charge in [0, 0.05) is 10.6 Å². The van der Waals surface area contributed by atoms with Crippen molar-refractivity contribution < 1.29 is 4.79 Å². The van der Waals surface area contributed by atoms with Gasteiger partial charge in [0.05, 0.1) is 11.2 Å². The van der Waals surface area contributed by atoms with E-state index in [1.54, 1.807) is 18.2 Å². The molecule has 4 nitrogen and oxygen atoms in total. The van der Waals surface area contributed by atoms with Crippen molar-refractivity contribution in [2.24, 2.45) is 5.84 Å². The van der Waals surface area contributed by atoms with Gasteiger partial charge in [-0.1, -0.05) is 23.2 Å². The van der Waals surface area contributed by atoms with Crippen LogP contribution < -0.4 is 11.3 Å². The Balaban J connectivity index is 2.40. The second-order valence-electron chi connectivity index (χ2n) is 3.13. The van der Waals surface area contributed by atoms with Gasteiger partial charge in [0.15, 0.2) is 0 Å². The predicted molar refractivity (Wildman–Crippen MR) is 69.2 cm³/mol. The first kappa shape index (κ1) is 12.3. The summed E-state index contributed by atoms with van der Waals surface area (Å²) in [5, 5.41) is 1.69. The summed E-state index contributed by atoms with van der Waals surface area (Å²) in [6.45, 7) is 0. The lowest BCUT2D eigenvalue weighted by molar-refractivity contribution is 0.0957. The van der Waals surface area contributed by atoms with Crippen LogP contribution >= 0.6 is 34.5 Å². The quantitative estimate of drug-likeness (QED) is 0.507. The number of carbonyl (C=O) groups excluding carboxylic acids is 1. The van der Waals surface area contributed by atoms with Gasteiger partial charge in [0.2, 0.25) is 0 Å². The second kappa shape index (κ2) is 5.01. The number of hydrogen-bond donors (Lipinski definition) is 2. The van der Waals surface area contributed by atoms with E-state index in [0.29, 0.717) is 19.9 Å². The molecule has 7 heteroatoms. The van der Waals surface area contributed by atoms with Crippen LogP contribution in [0.5, 0.6) is 0 Å². The Kier molecular flexibility index (Phi) is 3.63. The molecule has 2 rings (SSSR count). The van der Waals surface area contributed by atoms with Crippen LogP contribution in [0.1, 0.15) is 9.67 Å². The number of amides is 1. The third-order valence-corrected chi connectivity index (χ3v) is 3.60. The molecule has 3 N–H and O–H groups in total. The third-order valence-electron chi connectivity index (χ3n) is 2.02. The van der Waals surface area contributed by atoms with Crippen molar-refractivity contribution in [3.63, 3.8) is 0 Å². The van der Waals surface area contributed by atoms with Gasteiger partial charge in [0.1, 0.15) is 9.88 Å². The molecule has 1 aromatic heterocycles. The molecular weight excluding hydrogens is 281 g/mol. The number of carbonyl (C=O) groups is 1. The first-order chi connectivity index (χ1) is 8.11. The van der Waals surface area contributed by atoms with Gasteiger partial charge in [-0.05, 0) is 18.2 Å². The average molecular weight is 288 g/mol. The van der Waals surface area contributed by atoms with Gasteiger partial charge in [-0.2, -0.15) is 0 Å². The number of hydrazine groups is 1. The molecule has 0 unspecified atom stereocenters. The molecule has 1 aromatic carbocycles. The molecule has 0 fully saturated rings. The number of thiazole rings is 1. The van der Waals surface area contributed by atoms with E-state index in [1.165, 1.54) is 17.5 Å². The summed E-state index contributed by atoms with van der Waals surface area (Å²) >= 11 is 13.1. The van der Waals surface area contributed by atoms with Gasteiger partial charge < -0.3 is 0 Å². The molecule has 0 saturated carbocycles. The Labute approximate surface area is 111 Å². The van der Waals surface area contributed by atoms with E-state index in [2.05, 4.69) is 4.98 Å². The molecule has 17 heavy (non-hydrogen) atoms. The van der Waals surface area contributed by atoms with E-state index in [0.717, 1.165) is 5.56 Å². The molecule has 0 aliphatic rings. The number of benzene rings is 1. The van der Waals surface area contributed by atoms with E-state index < -0.39 is 0 Å². The van der Waals surface area contributed by atoms with Crippen LogP contribution in [0.2, 0.25) is 10.0 Å². The largest absolute Gasteiger partial charge is 0.289 e. The first-order valence-electron chi connectivity index (χ1n) is 4.54. The highest BCUT2D eigenvalue weighted by molar-refractivity contribution is 7.17. The van der Waals surface area contributed by atoms with Crippen LogP contribution in [-0.4, -0.2) is 10.9 Å². The number of nitrogens with one attached hydrogen (secondary N) is 1. The summed E-state index contributed by atoms with van der Waals surface area (Å²) < 4.78 is 0. The molecule has 0 aliphatic heterocycles. The Morgan fingerprint density at radius 2 is 2.18 bits per heavy atom. The number of nitrogen functional groups attached to an aromatic ring is 1. The number of nitrogens with two attached hydrogens (primary N) is 1. The SMILES string of the molecule is NNC(=O)c1cnc(-c2ccc(Cl)cc2Cl)s1. The number of nitrogens with zero attached hydrogens (tertiary/aromatic N) is 1. The molecular formula is C10H7Cl2N3OS. The normalized spacial score (nSPS) is 10.3. The summed E-state index contributed by atoms with van der Waals surface area (Å²) in [6, 6.07) is 5.10. The Morgan fingerprint density at radius 1 is 1.41 bits per heavy atom. The van der Waals surface area contributed by atoms with E-state index in [4.69, 9.17) is 29.0 Å². The van der Waals surface area contributed by atoms with Crippen LogP contribution in [0.4, 0.5) is 0 Å². The van der Waals surface area contributed by atoms with Crippen LogP contribution in [0, 0.1) is 0 Å². The summed E-state index contributed by atoms with van der Waals surface area (Å²) in [4.78, 5) is 15.8. The zero-order valence-corrected chi connectivity index (χ0v) is 10.7. The van der Waals surface area contributed by atoms with Crippen molar-refractivity contribution >= 4 is 40.4 Å². The number of rotatable bonds is 2. The summed E-state index contributed by atoms with van der Waals surface area (Å²) in [7, 11) is 0. The van der Waals surface area contributed by atoms with Crippen molar-refractivity contribution in [2.45, 2.75) is 0 Å². The standard InChI is InChI=1S/C10H7Cl2N3OS/c11-5-1-2-6(7(12)3-5)10-14-4-8(17-10)9(16)15-13/h1-4H,13H2,(H,15,16). The molecule has 0 spiro atoms. The van der Waals surface area contributed by atoms with E-state index in [9.17, 15) is 4.79 Å². The molecule has 0 radical (unpaired) electrons. The molecule has 1 heterocycles. The minimum atomic E-state index is -0.376. The zero-order valence-electron chi connectivity index (χ0n) is 8.41. The lowest BCUT2D eigenvalue weighted by Crippen LogP contribution is -2.29. The van der Waals surface area contributed by atoms with Crippen molar-refractivity contribution in [2.75, 3.05) is 0 Å². The van der Waals surface area contributed by atoms with E-state index >= 15 is 0 Å². The van der Waals surface area contributed by atoms with Crippen molar-refractivity contribution in [1.29, 1.82) is 0 Å². The van der Waals surface area contributed by atoms with Crippen LogP contribution in [0.25, 0.3) is 10.6 Å². The maximum Gasteiger partial charge on any atom is 0.276 e. The number of aromatic nitrogens is 1. The predicted octanol–water partition coefficient (Wildman–Crippen LogP) is 2.72. The molecule has 2 aromatic rings. The Hall–Kier alpha value is -1.14. The van der Waals surface area contributed by atoms with Gasteiger partial charge in [-0.3, -0.25) is 10.2 Å². The third kappa shape index (κ3) is 2.58. The molecule has 0 bridgehead atoms. The Bertz CT molecular complexity index is 570. The summed E-state index contributed by atoms with van der Waals surface area (Å²) in [5.74, 6) is 4.66. The van der Waals surface area contributed by atoms with Gasteiger partial charge in [-0.25, -0.2) is 10.8 Å². The fourth-order valence-electron chi connectivity index (χ4n) is 1.24. The highest BCUT2D eigenvalue weighted by Crippen LogP contribution is 2.32. The lowest BCUT2D eigenvalue weighted by Gasteiger charge is -2.00. The molecule has 0 atom stereocenters. The van der Waals surface area contributed by atoms with Crippen molar-refractivity contribution in [3.8, 4) is 10.6 Å². The van der Waals surface area contributed by atoms with Crippen molar-refractivity contribution in [3.05, 3.63) is 39.3 Å². The molecule has 0 saturated heterocycles. The number of hydrogen-bond acceptors (Lipinski definition) is 4. The average Bonchev–Trinajstić information content (AvgIpc) is 2.77. The smallest absolute Gasteiger partial charge is 0.276 e. The minimum absolute atomic E-state index is 0.376. The summed E-state index contributed by atoms with van der Waals surface area (Å²) in [6.07, 6.45) is 1.45. The van der Waals surface area contributed by atoms with E-state index in [1.807, 2.05) is 5.43 Å². The topological polar surface area (TPSA) is 68.0 Å². The van der Waals surface area contributed by atoms with Gasteiger partial charge in [-0.15, -0.1) is 11.3 Å². The van der Waals surface area contributed by atoms with Crippen LogP contribution in [0.3, 0.4) is 0 Å². The minimum Gasteiger partial charge on any atom is -0.289 e. The van der Waals surface area contributed by atoms with Crippen LogP contribution in [-0.2, 0) is 0 Å². The maximum absolute atomic E-state index is 11.3. The highest BCUT2D eigenvalue weighted by Gasteiger charge is 2.12. The van der Waals surface area contributed by atoms with Crippen LogP contribution in [0.15, 0.2) is 24.4 Å². The van der Waals surface area contributed by atoms with Gasteiger partial charge in [0.25, 0.3) is 5.91 Å². The fraction of sp³-hybridized carbons (Fsp3) is 0. The summed E-state index contributed by atoms with van der Waals surface area (Å²) in [5.41, 5.74) is 2.78. The molecule has 1 amide bonds. The molecule has 88 valence electrons. The zero-order chi connectivity index (χ0) is 12.4. The molecule has 0 aliphatic carbocycles. The van der Waals surface area contributed by atoms with Crippen molar-refractivity contribution in [1.82, 2.24) is 10.4 Å².